The van der Waals surface area contributed by atoms with E-state index < -0.39 is 0 Å². The molecule has 17 heavy (non-hydrogen) atoms. The second-order valence-electron chi connectivity index (χ2n) is 5.87. The maximum absolute atomic E-state index is 5.90. The molecular weight excluding hydrogens is 212 g/mol. The third-order valence-corrected chi connectivity index (χ3v) is 4.18. The van der Waals surface area contributed by atoms with Crippen LogP contribution in [0.3, 0.4) is 0 Å². The second-order valence-corrected chi connectivity index (χ2v) is 5.87. The van der Waals surface area contributed by atoms with Crippen LogP contribution in [0.25, 0.3) is 0 Å². The summed E-state index contributed by atoms with van der Waals surface area (Å²) in [5, 5.41) is 4.46. The molecule has 2 unspecified atom stereocenters. The molecule has 0 aromatic carbocycles. The maximum atomic E-state index is 5.90. The van der Waals surface area contributed by atoms with Crippen LogP contribution in [0.15, 0.2) is 12.4 Å². The molecule has 0 radical (unpaired) electrons. The summed E-state index contributed by atoms with van der Waals surface area (Å²) in [4.78, 5) is 0. The van der Waals surface area contributed by atoms with Crippen LogP contribution in [0.2, 0.25) is 0 Å². The summed E-state index contributed by atoms with van der Waals surface area (Å²) >= 11 is 0. The minimum atomic E-state index is 0.281. The maximum Gasteiger partial charge on any atom is 0.0858 e. The van der Waals surface area contributed by atoms with Gasteiger partial charge in [-0.1, -0.05) is 13.8 Å². The van der Waals surface area contributed by atoms with Crippen molar-refractivity contribution in [2.45, 2.75) is 51.7 Å². The summed E-state index contributed by atoms with van der Waals surface area (Å²) < 4.78 is 8.03. The minimum Gasteiger partial charge on any atom is -0.373 e. The minimum absolute atomic E-state index is 0.281. The Morgan fingerprint density at radius 2 is 2.18 bits per heavy atom. The number of rotatable bonds is 3. The van der Waals surface area contributed by atoms with Crippen LogP contribution < -0.4 is 0 Å². The van der Waals surface area contributed by atoms with E-state index in [9.17, 15) is 0 Å². The number of aromatic nitrogens is 2. The first-order valence-electron chi connectivity index (χ1n) is 6.89. The largest absolute Gasteiger partial charge is 0.373 e. The molecule has 2 fully saturated rings. The lowest BCUT2D eigenvalue weighted by atomic mass is 9.85. The molecule has 3 rings (SSSR count). The fourth-order valence-electron chi connectivity index (χ4n) is 2.72. The molecule has 94 valence electrons. The van der Waals surface area contributed by atoms with Gasteiger partial charge in [0.05, 0.1) is 18.3 Å². The van der Waals surface area contributed by atoms with E-state index in [4.69, 9.17) is 4.74 Å². The van der Waals surface area contributed by atoms with Gasteiger partial charge in [-0.2, -0.15) is 5.10 Å². The normalized spacial score (nSPS) is 29.8. The van der Waals surface area contributed by atoms with E-state index in [1.165, 1.54) is 24.8 Å². The standard InChI is InChI=1S/C14H22N2O/c1-10(2)11-5-6-17-14(7-11)12-8-15-16(9-12)13-3-4-13/h8-11,13-14H,3-7H2,1-2H3. The van der Waals surface area contributed by atoms with Crippen molar-refractivity contribution in [1.29, 1.82) is 0 Å². The molecule has 1 aliphatic carbocycles. The van der Waals surface area contributed by atoms with Gasteiger partial charge in [-0.05, 0) is 37.5 Å². The van der Waals surface area contributed by atoms with E-state index in [2.05, 4.69) is 29.8 Å². The molecule has 0 spiro atoms. The Bertz CT molecular complexity index is 381. The molecule has 1 saturated heterocycles. The lowest BCUT2D eigenvalue weighted by Gasteiger charge is -2.31. The van der Waals surface area contributed by atoms with E-state index in [1.54, 1.807) is 0 Å². The van der Waals surface area contributed by atoms with Crippen LogP contribution in [0.1, 0.15) is 57.2 Å². The van der Waals surface area contributed by atoms with E-state index in [0.717, 1.165) is 24.9 Å². The van der Waals surface area contributed by atoms with Gasteiger partial charge in [-0.15, -0.1) is 0 Å². The van der Waals surface area contributed by atoms with Gasteiger partial charge in [0.25, 0.3) is 0 Å². The van der Waals surface area contributed by atoms with Gasteiger partial charge in [-0.3, -0.25) is 4.68 Å². The molecule has 2 heterocycles. The van der Waals surface area contributed by atoms with E-state index in [1.807, 2.05) is 6.20 Å². The number of hydrogen-bond donors (Lipinski definition) is 0. The van der Waals surface area contributed by atoms with Crippen molar-refractivity contribution in [2.24, 2.45) is 11.8 Å². The molecule has 3 heteroatoms. The first kappa shape index (κ1) is 11.3. The summed E-state index contributed by atoms with van der Waals surface area (Å²) in [6, 6.07) is 0.674. The van der Waals surface area contributed by atoms with Crippen molar-refractivity contribution >= 4 is 0 Å². The monoisotopic (exact) mass is 234 g/mol. The molecular formula is C14H22N2O. The molecule has 1 aromatic heterocycles. The quantitative estimate of drug-likeness (QED) is 0.802. The zero-order valence-electron chi connectivity index (χ0n) is 10.8. The molecule has 1 saturated carbocycles. The van der Waals surface area contributed by atoms with Gasteiger partial charge in [-0.25, -0.2) is 0 Å². The van der Waals surface area contributed by atoms with Crippen molar-refractivity contribution in [1.82, 2.24) is 9.78 Å². The molecule has 1 aromatic rings. The first-order valence-corrected chi connectivity index (χ1v) is 6.89. The lowest BCUT2D eigenvalue weighted by Crippen LogP contribution is -2.23. The first-order chi connectivity index (χ1) is 8.24. The smallest absolute Gasteiger partial charge is 0.0858 e. The van der Waals surface area contributed by atoms with Crippen molar-refractivity contribution in [3.05, 3.63) is 18.0 Å². The molecule has 0 amide bonds. The highest BCUT2D eigenvalue weighted by Crippen LogP contribution is 2.38. The molecule has 2 atom stereocenters. The third-order valence-electron chi connectivity index (χ3n) is 4.18. The Balaban J connectivity index is 1.69. The van der Waals surface area contributed by atoms with Gasteiger partial charge >= 0.3 is 0 Å². The van der Waals surface area contributed by atoms with Gasteiger partial charge in [0, 0.05) is 18.4 Å². The zero-order valence-corrected chi connectivity index (χ0v) is 10.8. The number of hydrogen-bond acceptors (Lipinski definition) is 2. The van der Waals surface area contributed by atoms with Gasteiger partial charge in [0.15, 0.2) is 0 Å². The molecule has 1 aliphatic heterocycles. The Hall–Kier alpha value is -0.830. The van der Waals surface area contributed by atoms with E-state index in [0.29, 0.717) is 6.04 Å². The summed E-state index contributed by atoms with van der Waals surface area (Å²) in [6.07, 6.45) is 9.45. The van der Waals surface area contributed by atoms with Crippen molar-refractivity contribution < 1.29 is 4.74 Å². The van der Waals surface area contributed by atoms with Crippen LogP contribution >= 0.6 is 0 Å². The Morgan fingerprint density at radius 3 is 2.88 bits per heavy atom. The second kappa shape index (κ2) is 4.45. The number of nitrogens with zero attached hydrogens (tertiary/aromatic N) is 2. The lowest BCUT2D eigenvalue weighted by molar-refractivity contribution is -0.0205. The van der Waals surface area contributed by atoms with Crippen LogP contribution in [0, 0.1) is 11.8 Å². The van der Waals surface area contributed by atoms with Gasteiger partial charge in [0.1, 0.15) is 0 Å². The van der Waals surface area contributed by atoms with Crippen molar-refractivity contribution in [3.8, 4) is 0 Å². The van der Waals surface area contributed by atoms with Crippen LogP contribution in [0.5, 0.6) is 0 Å². The Labute approximate surface area is 103 Å². The summed E-state index contributed by atoms with van der Waals surface area (Å²) in [5.74, 6) is 1.57. The fraction of sp³-hybridized carbons (Fsp3) is 0.786. The molecule has 3 nitrogen and oxygen atoms in total. The van der Waals surface area contributed by atoms with Crippen LogP contribution in [-0.4, -0.2) is 16.4 Å². The topological polar surface area (TPSA) is 27.1 Å². The SMILES string of the molecule is CC(C)C1CCOC(c2cnn(C3CC3)c2)C1. The average Bonchev–Trinajstić information content (AvgIpc) is 3.07. The highest BCUT2D eigenvalue weighted by molar-refractivity contribution is 5.10. The van der Waals surface area contributed by atoms with Gasteiger partial charge in [0.2, 0.25) is 0 Å². The summed E-state index contributed by atoms with van der Waals surface area (Å²) in [7, 11) is 0. The third kappa shape index (κ3) is 2.39. The van der Waals surface area contributed by atoms with E-state index in [-0.39, 0.29) is 6.10 Å². The number of ether oxygens (including phenoxy) is 1. The highest BCUT2D eigenvalue weighted by atomic mass is 16.5. The summed E-state index contributed by atoms with van der Waals surface area (Å²) in [6.45, 7) is 5.55. The molecule has 0 bridgehead atoms. The molecule has 2 aliphatic rings. The van der Waals surface area contributed by atoms with Crippen molar-refractivity contribution in [3.63, 3.8) is 0 Å². The Kier molecular flexibility index (Phi) is 2.95. The summed E-state index contributed by atoms with van der Waals surface area (Å²) in [5.41, 5.74) is 1.28. The fourth-order valence-corrected chi connectivity index (χ4v) is 2.72. The zero-order chi connectivity index (χ0) is 11.8. The predicted octanol–water partition coefficient (Wildman–Crippen LogP) is 3.34. The molecule has 0 N–H and O–H groups in total. The predicted molar refractivity (Wildman–Crippen MR) is 66.8 cm³/mol. The van der Waals surface area contributed by atoms with Gasteiger partial charge < -0.3 is 4.74 Å². The Morgan fingerprint density at radius 1 is 1.35 bits per heavy atom. The highest BCUT2D eigenvalue weighted by Gasteiger charge is 2.29. The van der Waals surface area contributed by atoms with Crippen LogP contribution in [-0.2, 0) is 4.74 Å². The van der Waals surface area contributed by atoms with E-state index >= 15 is 0 Å². The average molecular weight is 234 g/mol. The van der Waals surface area contributed by atoms with Crippen LogP contribution in [0.4, 0.5) is 0 Å². The van der Waals surface area contributed by atoms with Crippen molar-refractivity contribution in [2.75, 3.05) is 6.61 Å².